The maximum atomic E-state index is 4.26. The van der Waals surface area contributed by atoms with Crippen LogP contribution in [0, 0.1) is 0 Å². The fourth-order valence-corrected chi connectivity index (χ4v) is 3.17. The van der Waals surface area contributed by atoms with Gasteiger partial charge in [0, 0.05) is 34.4 Å². The van der Waals surface area contributed by atoms with Gasteiger partial charge in [0.1, 0.15) is 11.5 Å². The van der Waals surface area contributed by atoms with Crippen molar-refractivity contribution in [2.75, 3.05) is 5.32 Å². The molecule has 0 saturated heterocycles. The van der Waals surface area contributed by atoms with Crippen LogP contribution in [0.3, 0.4) is 0 Å². The Hall–Kier alpha value is -3.18. The molecule has 0 atom stereocenters. The third kappa shape index (κ3) is 3.99. The van der Waals surface area contributed by atoms with Gasteiger partial charge in [0.2, 0.25) is 0 Å². The summed E-state index contributed by atoms with van der Waals surface area (Å²) < 4.78 is 0.962. The standard InChI is InChI=1S/C11H9BrN2.C11H8N2/c12-10-7-4-8-13-11(10)14-9-5-2-1-3-6-9;1-2-6-10-8(4-1)9-5-3-7-12-11(9)13-10/h1-8H,(H,13,14);1-7H,(H,12,13). The van der Waals surface area contributed by atoms with Crippen molar-refractivity contribution in [3.8, 4) is 0 Å². The number of aromatic nitrogens is 3. The van der Waals surface area contributed by atoms with Crippen LogP contribution in [0.25, 0.3) is 21.9 Å². The van der Waals surface area contributed by atoms with Crippen molar-refractivity contribution in [3.63, 3.8) is 0 Å². The summed E-state index contributed by atoms with van der Waals surface area (Å²) in [7, 11) is 0. The first-order valence-corrected chi connectivity index (χ1v) is 9.34. The second-order valence-electron chi connectivity index (χ2n) is 5.90. The first-order chi connectivity index (χ1) is 13.3. The molecule has 3 aromatic heterocycles. The molecule has 0 bridgehead atoms. The number of anilines is 2. The Morgan fingerprint density at radius 3 is 2.26 bits per heavy atom. The van der Waals surface area contributed by atoms with Gasteiger partial charge in [0.25, 0.3) is 0 Å². The number of halogens is 1. The third-order valence-corrected chi connectivity index (χ3v) is 4.71. The molecular formula is C22H17BrN4. The largest absolute Gasteiger partial charge is 0.339 e. The number of rotatable bonds is 2. The number of benzene rings is 2. The predicted molar refractivity (Wildman–Crippen MR) is 115 cm³/mol. The second kappa shape index (κ2) is 8.01. The fourth-order valence-electron chi connectivity index (χ4n) is 2.81. The zero-order valence-corrected chi connectivity index (χ0v) is 16.0. The zero-order chi connectivity index (χ0) is 18.5. The summed E-state index contributed by atoms with van der Waals surface area (Å²) in [5, 5.41) is 5.65. The van der Waals surface area contributed by atoms with E-state index in [2.05, 4.69) is 54.4 Å². The number of H-pyrrole nitrogens is 1. The molecule has 27 heavy (non-hydrogen) atoms. The van der Waals surface area contributed by atoms with E-state index in [1.54, 1.807) is 12.4 Å². The van der Waals surface area contributed by atoms with E-state index in [-0.39, 0.29) is 0 Å². The van der Waals surface area contributed by atoms with E-state index in [9.17, 15) is 0 Å². The van der Waals surface area contributed by atoms with Gasteiger partial charge in [-0.2, -0.15) is 0 Å². The van der Waals surface area contributed by atoms with Crippen LogP contribution in [-0.2, 0) is 0 Å². The number of nitrogens with one attached hydrogen (secondary N) is 2. The maximum Gasteiger partial charge on any atom is 0.144 e. The van der Waals surface area contributed by atoms with Gasteiger partial charge < -0.3 is 10.3 Å². The molecule has 0 radical (unpaired) electrons. The summed E-state index contributed by atoms with van der Waals surface area (Å²) in [5.41, 5.74) is 3.15. The van der Waals surface area contributed by atoms with E-state index in [0.717, 1.165) is 27.1 Å². The van der Waals surface area contributed by atoms with Crippen molar-refractivity contribution >= 4 is 49.4 Å². The fraction of sp³-hybridized carbons (Fsp3) is 0. The minimum atomic E-state index is 0.832. The summed E-state index contributed by atoms with van der Waals surface area (Å²) >= 11 is 3.43. The maximum absolute atomic E-state index is 4.26. The lowest BCUT2D eigenvalue weighted by Crippen LogP contribution is -1.93. The summed E-state index contributed by atoms with van der Waals surface area (Å²) in [6.07, 6.45) is 3.56. The first-order valence-electron chi connectivity index (χ1n) is 8.55. The topological polar surface area (TPSA) is 53.6 Å². The molecule has 5 rings (SSSR count). The number of para-hydroxylation sites is 2. The number of nitrogens with zero attached hydrogens (tertiary/aromatic N) is 2. The Balaban J connectivity index is 0.000000134. The predicted octanol–water partition coefficient (Wildman–Crippen LogP) is 6.30. The van der Waals surface area contributed by atoms with E-state index < -0.39 is 0 Å². The van der Waals surface area contributed by atoms with Gasteiger partial charge in [-0.25, -0.2) is 9.97 Å². The van der Waals surface area contributed by atoms with Crippen molar-refractivity contribution in [1.29, 1.82) is 0 Å². The van der Waals surface area contributed by atoms with Crippen molar-refractivity contribution < 1.29 is 0 Å². The van der Waals surface area contributed by atoms with E-state index in [1.807, 2.05) is 60.7 Å². The van der Waals surface area contributed by atoms with E-state index in [4.69, 9.17) is 0 Å². The Labute approximate surface area is 165 Å². The number of hydrogen-bond acceptors (Lipinski definition) is 3. The monoisotopic (exact) mass is 416 g/mol. The molecule has 0 saturated carbocycles. The molecule has 2 N–H and O–H groups in total. The van der Waals surface area contributed by atoms with E-state index >= 15 is 0 Å². The van der Waals surface area contributed by atoms with Gasteiger partial charge >= 0.3 is 0 Å². The smallest absolute Gasteiger partial charge is 0.144 e. The van der Waals surface area contributed by atoms with Crippen LogP contribution in [0.5, 0.6) is 0 Å². The molecule has 0 fully saturated rings. The lowest BCUT2D eigenvalue weighted by molar-refractivity contribution is 1.29. The van der Waals surface area contributed by atoms with Gasteiger partial charge in [-0.15, -0.1) is 0 Å². The Morgan fingerprint density at radius 1 is 0.704 bits per heavy atom. The van der Waals surface area contributed by atoms with Crippen LogP contribution in [0.4, 0.5) is 11.5 Å². The molecular weight excluding hydrogens is 400 g/mol. The van der Waals surface area contributed by atoms with Crippen LogP contribution in [0.1, 0.15) is 0 Å². The molecule has 0 aliphatic heterocycles. The van der Waals surface area contributed by atoms with Gasteiger partial charge in [-0.1, -0.05) is 36.4 Å². The Bertz CT molecular complexity index is 1120. The summed E-state index contributed by atoms with van der Waals surface area (Å²) in [4.78, 5) is 11.7. The molecule has 0 spiro atoms. The highest BCUT2D eigenvalue weighted by atomic mass is 79.9. The lowest BCUT2D eigenvalue weighted by atomic mass is 10.2. The normalized spacial score (nSPS) is 10.4. The molecule has 2 aromatic carbocycles. The average molecular weight is 417 g/mol. The second-order valence-corrected chi connectivity index (χ2v) is 6.75. The van der Waals surface area contributed by atoms with Crippen molar-refractivity contribution in [3.05, 3.63) is 95.7 Å². The minimum absolute atomic E-state index is 0.832. The van der Waals surface area contributed by atoms with E-state index in [0.29, 0.717) is 0 Å². The van der Waals surface area contributed by atoms with Gasteiger partial charge in [0.05, 0.1) is 4.47 Å². The Kier molecular flexibility index (Phi) is 5.12. The number of fused-ring (bicyclic) bond motifs is 3. The molecule has 4 nitrogen and oxygen atoms in total. The molecule has 3 heterocycles. The quantitative estimate of drug-likeness (QED) is 0.354. The lowest BCUT2D eigenvalue weighted by Gasteiger charge is -2.06. The molecule has 5 aromatic rings. The molecule has 0 unspecified atom stereocenters. The highest BCUT2D eigenvalue weighted by Crippen LogP contribution is 2.23. The van der Waals surface area contributed by atoms with E-state index in [1.165, 1.54) is 10.8 Å². The van der Waals surface area contributed by atoms with Gasteiger partial charge in [0.15, 0.2) is 0 Å². The van der Waals surface area contributed by atoms with Crippen molar-refractivity contribution in [2.24, 2.45) is 0 Å². The average Bonchev–Trinajstić information content (AvgIpc) is 3.10. The first kappa shape index (κ1) is 17.2. The van der Waals surface area contributed by atoms with Crippen LogP contribution in [0.15, 0.2) is 95.7 Å². The van der Waals surface area contributed by atoms with Crippen LogP contribution < -0.4 is 5.32 Å². The minimum Gasteiger partial charge on any atom is -0.339 e. The molecule has 5 heteroatoms. The van der Waals surface area contributed by atoms with Gasteiger partial charge in [-0.3, -0.25) is 0 Å². The number of aromatic amines is 1. The molecule has 0 aliphatic rings. The number of hydrogen-bond donors (Lipinski definition) is 2. The van der Waals surface area contributed by atoms with Crippen molar-refractivity contribution in [2.45, 2.75) is 0 Å². The zero-order valence-electron chi connectivity index (χ0n) is 14.4. The Morgan fingerprint density at radius 2 is 1.41 bits per heavy atom. The van der Waals surface area contributed by atoms with Crippen LogP contribution in [-0.4, -0.2) is 15.0 Å². The molecule has 0 amide bonds. The highest BCUT2D eigenvalue weighted by Gasteiger charge is 2.01. The SMILES string of the molecule is Brc1cccnc1Nc1ccccc1.c1ccc2c(c1)[nH]c1ncccc12. The molecule has 132 valence electrons. The van der Waals surface area contributed by atoms with Gasteiger partial charge in [-0.05, 0) is 58.4 Å². The summed E-state index contributed by atoms with van der Waals surface area (Å²) in [6, 6.07) is 26.1. The van der Waals surface area contributed by atoms with Crippen molar-refractivity contribution in [1.82, 2.24) is 15.0 Å². The molecule has 0 aliphatic carbocycles. The van der Waals surface area contributed by atoms with Crippen LogP contribution >= 0.6 is 15.9 Å². The summed E-state index contributed by atoms with van der Waals surface area (Å²) in [5.74, 6) is 0.832. The summed E-state index contributed by atoms with van der Waals surface area (Å²) in [6.45, 7) is 0. The van der Waals surface area contributed by atoms with Crippen LogP contribution in [0.2, 0.25) is 0 Å². The highest BCUT2D eigenvalue weighted by molar-refractivity contribution is 9.10. The third-order valence-electron chi connectivity index (χ3n) is 4.07. The number of pyridine rings is 2.